The van der Waals surface area contributed by atoms with Crippen LogP contribution in [-0.4, -0.2) is 19.2 Å². The number of carbonyl (C=O) groups excluding carboxylic acids is 1. The lowest BCUT2D eigenvalue weighted by molar-refractivity contribution is 0.180. The molecule has 0 spiro atoms. The molecule has 15 heavy (non-hydrogen) atoms. The minimum absolute atomic E-state index is 0.339. The molecule has 3 rings (SSSR count). The summed E-state index contributed by atoms with van der Waals surface area (Å²) in [7, 11) is 0. The van der Waals surface area contributed by atoms with Crippen molar-refractivity contribution in [2.45, 2.75) is 0 Å². The highest BCUT2D eigenvalue weighted by molar-refractivity contribution is 5.91. The van der Waals surface area contributed by atoms with Crippen molar-refractivity contribution in [3.8, 4) is 0 Å². The molecular weight excluding hydrogens is 194 g/mol. The largest absolute Gasteiger partial charge is 0.447 e. The number of rotatable bonds is 1. The number of amides is 1. The quantitative estimate of drug-likeness (QED) is 0.714. The van der Waals surface area contributed by atoms with E-state index >= 15 is 0 Å². The first-order valence-corrected chi connectivity index (χ1v) is 4.77. The second-order valence-electron chi connectivity index (χ2n) is 3.39. The van der Waals surface area contributed by atoms with Gasteiger partial charge in [0.2, 0.25) is 5.88 Å². The first kappa shape index (κ1) is 8.35. The van der Waals surface area contributed by atoms with Crippen LogP contribution >= 0.6 is 0 Å². The van der Waals surface area contributed by atoms with Crippen LogP contribution in [0.2, 0.25) is 0 Å². The van der Waals surface area contributed by atoms with E-state index in [9.17, 15) is 4.79 Å². The molecule has 0 radical (unpaired) electrons. The van der Waals surface area contributed by atoms with Gasteiger partial charge in [-0.25, -0.2) is 9.69 Å². The molecular formula is C11H9NO3. The average Bonchev–Trinajstić information content (AvgIpc) is 2.82. The number of anilines is 1. The number of para-hydroxylation sites is 1. The van der Waals surface area contributed by atoms with Gasteiger partial charge in [0.05, 0.1) is 6.54 Å². The molecule has 0 aliphatic carbocycles. The average molecular weight is 203 g/mol. The van der Waals surface area contributed by atoms with Crippen LogP contribution < -0.4 is 4.90 Å². The minimum Gasteiger partial charge on any atom is -0.447 e. The molecule has 1 fully saturated rings. The number of carbonyl (C=O) groups is 1. The van der Waals surface area contributed by atoms with Crippen LogP contribution in [0.5, 0.6) is 0 Å². The van der Waals surface area contributed by atoms with Gasteiger partial charge >= 0.3 is 6.09 Å². The van der Waals surface area contributed by atoms with E-state index in [-0.39, 0.29) is 6.09 Å². The predicted octanol–water partition coefficient (Wildman–Crippen LogP) is 2.39. The molecule has 2 heterocycles. The van der Waals surface area contributed by atoms with Gasteiger partial charge in [-0.15, -0.1) is 0 Å². The zero-order chi connectivity index (χ0) is 10.3. The van der Waals surface area contributed by atoms with Gasteiger partial charge < -0.3 is 9.15 Å². The predicted molar refractivity (Wildman–Crippen MR) is 54.9 cm³/mol. The fraction of sp³-hybridized carbons (Fsp3) is 0.182. The van der Waals surface area contributed by atoms with E-state index in [1.54, 1.807) is 0 Å². The Labute approximate surface area is 86.0 Å². The van der Waals surface area contributed by atoms with Crippen LogP contribution in [0, 0.1) is 0 Å². The van der Waals surface area contributed by atoms with Crippen LogP contribution in [0.15, 0.2) is 34.7 Å². The zero-order valence-corrected chi connectivity index (χ0v) is 7.97. The van der Waals surface area contributed by atoms with E-state index in [1.165, 1.54) is 4.90 Å². The van der Waals surface area contributed by atoms with Crippen molar-refractivity contribution >= 4 is 22.9 Å². The molecule has 1 aromatic carbocycles. The molecule has 0 unspecified atom stereocenters. The highest BCUT2D eigenvalue weighted by Crippen LogP contribution is 2.27. The molecule has 1 aliphatic rings. The summed E-state index contributed by atoms with van der Waals surface area (Å²) in [5, 5.41) is 0.993. The summed E-state index contributed by atoms with van der Waals surface area (Å²) < 4.78 is 10.4. The Morgan fingerprint density at radius 1 is 1.27 bits per heavy atom. The monoisotopic (exact) mass is 203 g/mol. The highest BCUT2D eigenvalue weighted by atomic mass is 16.6. The van der Waals surface area contributed by atoms with Crippen LogP contribution in [0.25, 0.3) is 11.0 Å². The van der Waals surface area contributed by atoms with Gasteiger partial charge in [-0.05, 0) is 6.07 Å². The van der Waals surface area contributed by atoms with Gasteiger partial charge in [0.15, 0.2) is 0 Å². The Balaban J connectivity index is 2.08. The minimum atomic E-state index is -0.339. The Kier molecular flexibility index (Phi) is 1.68. The third-order valence-corrected chi connectivity index (χ3v) is 2.44. The molecule has 4 heteroatoms. The van der Waals surface area contributed by atoms with E-state index in [4.69, 9.17) is 9.15 Å². The first-order valence-electron chi connectivity index (χ1n) is 4.77. The van der Waals surface area contributed by atoms with Gasteiger partial charge in [-0.2, -0.15) is 0 Å². The second kappa shape index (κ2) is 3.02. The van der Waals surface area contributed by atoms with Crippen molar-refractivity contribution in [2.75, 3.05) is 18.1 Å². The lowest BCUT2D eigenvalue weighted by Crippen LogP contribution is -2.22. The van der Waals surface area contributed by atoms with E-state index in [0.29, 0.717) is 19.0 Å². The summed E-state index contributed by atoms with van der Waals surface area (Å²) in [6, 6.07) is 9.51. The Hall–Kier alpha value is -1.97. The van der Waals surface area contributed by atoms with Crippen molar-refractivity contribution in [2.24, 2.45) is 0 Å². The van der Waals surface area contributed by atoms with Gasteiger partial charge in [-0.1, -0.05) is 18.2 Å². The van der Waals surface area contributed by atoms with Crippen LogP contribution in [-0.2, 0) is 4.74 Å². The number of hydrogen-bond donors (Lipinski definition) is 0. The maximum atomic E-state index is 11.3. The number of cyclic esters (lactones) is 1. The molecule has 1 aromatic heterocycles. The Bertz CT molecular complexity index is 484. The lowest BCUT2D eigenvalue weighted by Gasteiger charge is -2.06. The molecule has 76 valence electrons. The maximum absolute atomic E-state index is 11.3. The topological polar surface area (TPSA) is 42.7 Å². The van der Waals surface area contributed by atoms with E-state index < -0.39 is 0 Å². The molecule has 0 atom stereocenters. The third kappa shape index (κ3) is 1.26. The lowest BCUT2D eigenvalue weighted by atomic mass is 10.3. The number of furan rings is 1. The molecule has 0 N–H and O–H groups in total. The van der Waals surface area contributed by atoms with Crippen LogP contribution in [0.1, 0.15) is 0 Å². The van der Waals surface area contributed by atoms with Crippen molar-refractivity contribution in [1.82, 2.24) is 0 Å². The Morgan fingerprint density at radius 2 is 2.13 bits per heavy atom. The third-order valence-electron chi connectivity index (χ3n) is 2.44. The molecule has 4 nitrogen and oxygen atoms in total. The number of ether oxygens (including phenoxy) is 1. The summed E-state index contributed by atoms with van der Waals surface area (Å²) in [4.78, 5) is 12.8. The summed E-state index contributed by atoms with van der Waals surface area (Å²) in [5.41, 5.74) is 0.784. The normalized spacial score (nSPS) is 16.0. The van der Waals surface area contributed by atoms with Crippen molar-refractivity contribution in [3.63, 3.8) is 0 Å². The van der Waals surface area contributed by atoms with Crippen LogP contribution in [0.4, 0.5) is 10.7 Å². The van der Waals surface area contributed by atoms with Gasteiger partial charge in [-0.3, -0.25) is 0 Å². The van der Waals surface area contributed by atoms with Gasteiger partial charge in [0.1, 0.15) is 12.2 Å². The fourth-order valence-electron chi connectivity index (χ4n) is 1.69. The summed E-state index contributed by atoms with van der Waals surface area (Å²) in [6.45, 7) is 0.981. The number of fused-ring (bicyclic) bond motifs is 1. The summed E-state index contributed by atoms with van der Waals surface area (Å²) in [6.07, 6.45) is -0.339. The number of nitrogens with zero attached hydrogens (tertiary/aromatic N) is 1. The summed E-state index contributed by atoms with van der Waals surface area (Å²) in [5.74, 6) is 0.554. The fourth-order valence-corrected chi connectivity index (χ4v) is 1.69. The second-order valence-corrected chi connectivity index (χ2v) is 3.39. The molecule has 1 amide bonds. The van der Waals surface area contributed by atoms with E-state index in [0.717, 1.165) is 11.0 Å². The molecule has 1 saturated heterocycles. The molecule has 0 bridgehead atoms. The van der Waals surface area contributed by atoms with Crippen LogP contribution in [0.3, 0.4) is 0 Å². The summed E-state index contributed by atoms with van der Waals surface area (Å²) >= 11 is 0. The molecule has 0 saturated carbocycles. The number of benzene rings is 1. The van der Waals surface area contributed by atoms with Crippen molar-refractivity contribution in [1.29, 1.82) is 0 Å². The maximum Gasteiger partial charge on any atom is 0.416 e. The van der Waals surface area contributed by atoms with E-state index in [2.05, 4.69) is 0 Å². The first-order chi connectivity index (χ1) is 7.34. The highest BCUT2D eigenvalue weighted by Gasteiger charge is 2.26. The van der Waals surface area contributed by atoms with Gasteiger partial charge in [0, 0.05) is 11.5 Å². The molecule has 2 aromatic rings. The van der Waals surface area contributed by atoms with E-state index in [1.807, 2.05) is 30.3 Å². The smallest absolute Gasteiger partial charge is 0.416 e. The Morgan fingerprint density at radius 3 is 2.87 bits per heavy atom. The molecule has 1 aliphatic heterocycles. The number of hydrogen-bond acceptors (Lipinski definition) is 3. The van der Waals surface area contributed by atoms with Crippen molar-refractivity contribution < 1.29 is 13.9 Å². The standard InChI is InChI=1S/C11H9NO3/c13-11-12(5-6-14-11)10-7-8-3-1-2-4-9(8)15-10/h1-4,7H,5-6H2. The SMILES string of the molecule is O=C1OCCN1c1cc2ccccc2o1. The zero-order valence-electron chi connectivity index (χ0n) is 7.97. The van der Waals surface area contributed by atoms with Gasteiger partial charge in [0.25, 0.3) is 0 Å². The van der Waals surface area contributed by atoms with Crippen molar-refractivity contribution in [3.05, 3.63) is 30.3 Å².